The van der Waals surface area contributed by atoms with E-state index in [1.807, 2.05) is 24.3 Å². The number of aromatic carboxylic acids is 1. The number of aromatic amines is 1. The molecule has 13 heteroatoms. The Morgan fingerprint density at radius 1 is 1.14 bits per heavy atom. The molecule has 3 heterocycles. The number of benzene rings is 2. The molecule has 218 valence electrons. The van der Waals surface area contributed by atoms with Crippen LogP contribution in [-0.2, 0) is 17.8 Å². The molecular formula is C29H31N7O5S. The number of aryl methyl sites for hydroxylation is 1. The van der Waals surface area contributed by atoms with E-state index in [-0.39, 0.29) is 23.9 Å². The molecule has 42 heavy (non-hydrogen) atoms. The normalized spacial score (nSPS) is 14.6. The summed E-state index contributed by atoms with van der Waals surface area (Å²) in [5, 5.41) is 22.6. The van der Waals surface area contributed by atoms with Gasteiger partial charge in [0.25, 0.3) is 11.8 Å². The summed E-state index contributed by atoms with van der Waals surface area (Å²) in [7, 11) is 1.65. The maximum absolute atomic E-state index is 12.9. The summed E-state index contributed by atoms with van der Waals surface area (Å²) >= 11 is 1.78. The number of carboxylic acid groups (broad SMARTS) is 1. The van der Waals surface area contributed by atoms with Crippen molar-refractivity contribution in [3.8, 4) is 5.75 Å². The summed E-state index contributed by atoms with van der Waals surface area (Å²) in [6, 6.07) is 14.5. The Kier molecular flexibility index (Phi) is 9.17. The van der Waals surface area contributed by atoms with Crippen LogP contribution in [0.1, 0.15) is 51.6 Å². The van der Waals surface area contributed by atoms with Gasteiger partial charge in [0.1, 0.15) is 24.2 Å². The van der Waals surface area contributed by atoms with Gasteiger partial charge in [0, 0.05) is 31.1 Å². The number of nitrogens with zero attached hydrogens (tertiary/aromatic N) is 5. The molecule has 0 unspecified atom stereocenters. The number of ether oxygens (including phenoxy) is 1. The van der Waals surface area contributed by atoms with E-state index in [4.69, 9.17) is 9.84 Å². The summed E-state index contributed by atoms with van der Waals surface area (Å²) < 4.78 is 7.42. The lowest BCUT2D eigenvalue weighted by Crippen LogP contribution is -2.49. The van der Waals surface area contributed by atoms with Gasteiger partial charge in [0.05, 0.1) is 17.4 Å². The fraction of sp³-hybridized carbons (Fsp3) is 0.310. The molecule has 0 aliphatic carbocycles. The molecule has 4 aromatic rings. The maximum atomic E-state index is 12.9. The predicted molar refractivity (Wildman–Crippen MR) is 156 cm³/mol. The van der Waals surface area contributed by atoms with Crippen molar-refractivity contribution < 1.29 is 24.2 Å². The van der Waals surface area contributed by atoms with Crippen LogP contribution in [0.2, 0.25) is 0 Å². The monoisotopic (exact) mass is 589 g/mol. The third kappa shape index (κ3) is 7.16. The molecule has 1 atom stereocenters. The number of nitrogens with one attached hydrogen (secondary N) is 2. The molecule has 0 bridgehead atoms. The quantitative estimate of drug-likeness (QED) is 0.167. The number of carbonyl (C=O) groups is 3. The van der Waals surface area contributed by atoms with Gasteiger partial charge in [0.2, 0.25) is 5.82 Å². The smallest absolute Gasteiger partial charge is 0.338 e. The number of H-pyrrole nitrogens is 1. The van der Waals surface area contributed by atoms with Crippen molar-refractivity contribution in [2.75, 3.05) is 24.3 Å². The number of para-hydroxylation sites is 2. The van der Waals surface area contributed by atoms with Crippen molar-refractivity contribution in [2.45, 2.75) is 43.2 Å². The number of fused-ring (bicyclic) bond motifs is 1. The van der Waals surface area contributed by atoms with Crippen molar-refractivity contribution in [3.63, 3.8) is 0 Å². The van der Waals surface area contributed by atoms with Crippen molar-refractivity contribution in [2.24, 2.45) is 0 Å². The van der Waals surface area contributed by atoms with Crippen LogP contribution >= 0.6 is 11.8 Å². The molecule has 0 spiro atoms. The fourth-order valence-corrected chi connectivity index (χ4v) is 5.40. The highest BCUT2D eigenvalue weighted by atomic mass is 32.2. The Morgan fingerprint density at radius 3 is 2.74 bits per heavy atom. The molecule has 0 saturated carbocycles. The van der Waals surface area contributed by atoms with Crippen LogP contribution in [0.4, 0.5) is 5.69 Å². The maximum Gasteiger partial charge on any atom is 0.338 e. The van der Waals surface area contributed by atoms with E-state index in [9.17, 15) is 14.4 Å². The van der Waals surface area contributed by atoms with Crippen molar-refractivity contribution >= 4 is 35.2 Å². The molecule has 2 aromatic heterocycles. The number of carboxylic acids is 1. The fourth-order valence-electron chi connectivity index (χ4n) is 4.49. The molecule has 3 N–H and O–H groups in total. The van der Waals surface area contributed by atoms with E-state index in [1.54, 1.807) is 41.8 Å². The van der Waals surface area contributed by atoms with Crippen LogP contribution in [0.25, 0.3) is 0 Å². The highest BCUT2D eigenvalue weighted by Crippen LogP contribution is 2.30. The molecular weight excluding hydrogens is 558 g/mol. The Labute approximate surface area is 246 Å². The zero-order chi connectivity index (χ0) is 29.5. The summed E-state index contributed by atoms with van der Waals surface area (Å²) in [4.78, 5) is 43.6. The van der Waals surface area contributed by atoms with Gasteiger partial charge in [-0.1, -0.05) is 30.7 Å². The van der Waals surface area contributed by atoms with Gasteiger partial charge in [-0.15, -0.1) is 16.9 Å². The number of amides is 2. The van der Waals surface area contributed by atoms with Crippen molar-refractivity contribution in [1.82, 2.24) is 30.3 Å². The zero-order valence-electron chi connectivity index (χ0n) is 23.0. The van der Waals surface area contributed by atoms with Gasteiger partial charge in [-0.25, -0.2) is 9.78 Å². The molecule has 2 amide bonds. The Hall–Kier alpha value is -4.65. The largest absolute Gasteiger partial charge is 0.489 e. The molecule has 2 aromatic carbocycles. The lowest BCUT2D eigenvalue weighted by atomic mass is 10.1. The Bertz CT molecular complexity index is 1550. The van der Waals surface area contributed by atoms with E-state index in [2.05, 4.69) is 37.7 Å². The van der Waals surface area contributed by atoms with Crippen LogP contribution in [0.5, 0.6) is 5.75 Å². The van der Waals surface area contributed by atoms with Crippen LogP contribution in [0, 0.1) is 0 Å². The number of unbranched alkanes of at least 4 members (excludes halogenated alkanes) is 2. The molecule has 12 nitrogen and oxygen atoms in total. The van der Waals surface area contributed by atoms with E-state index < -0.39 is 17.9 Å². The third-order valence-electron chi connectivity index (χ3n) is 6.78. The lowest BCUT2D eigenvalue weighted by molar-refractivity contribution is -0.120. The molecule has 0 saturated heterocycles. The number of carbonyl (C=O) groups excluding carboxylic acids is 2. The van der Waals surface area contributed by atoms with E-state index >= 15 is 0 Å². The average Bonchev–Trinajstić information content (AvgIpc) is 3.65. The van der Waals surface area contributed by atoms with Gasteiger partial charge >= 0.3 is 5.97 Å². The highest BCUT2D eigenvalue weighted by molar-refractivity contribution is 7.99. The number of hydrogen-bond donors (Lipinski definition) is 3. The summed E-state index contributed by atoms with van der Waals surface area (Å²) in [5.74, 6) is 0.264. The second kappa shape index (κ2) is 13.3. The first-order valence-corrected chi connectivity index (χ1v) is 14.5. The van der Waals surface area contributed by atoms with Crippen LogP contribution in [-0.4, -0.2) is 73.3 Å². The highest BCUT2D eigenvalue weighted by Gasteiger charge is 2.31. The van der Waals surface area contributed by atoms with Crippen LogP contribution < -0.4 is 15.0 Å². The minimum absolute atomic E-state index is 0.00814. The standard InChI is InChI=1S/C29H31N7O5S/c1-35-23-7-3-4-8-24(23)41-18-22(28(35)38)31-27(37)26-32-25(33-34-26)15-19-9-11-21(12-10-19)42-14-6-2-5-13-36-17-20(16-30-36)29(39)40/h3-4,7-12,16-17,22H,2,5-6,13-15,18H2,1H3,(H,31,37)(H,39,40)(H,32,33,34)/t22-/m0/s1. The minimum Gasteiger partial charge on any atom is -0.489 e. The summed E-state index contributed by atoms with van der Waals surface area (Å²) in [5.41, 5.74) is 1.87. The molecule has 1 aliphatic heterocycles. The first-order chi connectivity index (χ1) is 20.4. The topological polar surface area (TPSA) is 155 Å². The predicted octanol–water partition coefficient (Wildman–Crippen LogP) is 3.41. The second-order valence-electron chi connectivity index (χ2n) is 9.83. The van der Waals surface area contributed by atoms with E-state index in [1.165, 1.54) is 11.1 Å². The minimum atomic E-state index is -0.961. The summed E-state index contributed by atoms with van der Waals surface area (Å²) in [6.45, 7) is 0.713. The molecule has 1 aliphatic rings. The summed E-state index contributed by atoms with van der Waals surface area (Å²) in [6.07, 6.45) is 6.42. The van der Waals surface area contributed by atoms with E-state index in [0.717, 1.165) is 35.5 Å². The number of aromatic nitrogens is 5. The lowest BCUT2D eigenvalue weighted by Gasteiger charge is -2.19. The first kappa shape index (κ1) is 28.9. The Morgan fingerprint density at radius 2 is 1.95 bits per heavy atom. The number of hydrogen-bond acceptors (Lipinski definition) is 8. The molecule has 0 fully saturated rings. The third-order valence-corrected chi connectivity index (χ3v) is 7.87. The van der Waals surface area contributed by atoms with Gasteiger partial charge in [-0.05, 0) is 48.4 Å². The molecule has 5 rings (SSSR count). The van der Waals surface area contributed by atoms with Gasteiger partial charge in [-0.3, -0.25) is 19.4 Å². The van der Waals surface area contributed by atoms with E-state index in [0.29, 0.717) is 30.2 Å². The number of rotatable bonds is 12. The SMILES string of the molecule is CN1C(=O)[C@@H](NC(=O)c2n[nH]c(Cc3ccc(SCCCCCn4cc(C(=O)O)cn4)cc3)n2)COc2ccccc21. The van der Waals surface area contributed by atoms with Gasteiger partial charge in [0.15, 0.2) is 0 Å². The van der Waals surface area contributed by atoms with Crippen LogP contribution in [0.15, 0.2) is 65.8 Å². The number of thioether (sulfide) groups is 1. The zero-order valence-corrected chi connectivity index (χ0v) is 23.8. The van der Waals surface area contributed by atoms with Crippen molar-refractivity contribution in [3.05, 3.63) is 83.7 Å². The second-order valence-corrected chi connectivity index (χ2v) is 11.0. The number of anilines is 1. The number of likely N-dealkylation sites (N-methyl/N-ethyl adjacent to an activating group) is 1. The average molecular weight is 590 g/mol. The van der Waals surface area contributed by atoms with Gasteiger partial charge < -0.3 is 20.1 Å². The molecule has 0 radical (unpaired) electrons. The first-order valence-electron chi connectivity index (χ1n) is 13.6. The van der Waals surface area contributed by atoms with Crippen LogP contribution in [0.3, 0.4) is 0 Å². The van der Waals surface area contributed by atoms with Gasteiger partial charge in [-0.2, -0.15) is 5.10 Å². The van der Waals surface area contributed by atoms with Crippen molar-refractivity contribution in [1.29, 1.82) is 0 Å². The Balaban J connectivity index is 1.04.